The van der Waals surface area contributed by atoms with Gasteiger partial charge in [0.1, 0.15) is 5.70 Å². The Kier molecular flexibility index (Phi) is 4.99. The number of carbonyl (C=O) groups excluding carboxylic acids is 2. The van der Waals surface area contributed by atoms with Gasteiger partial charge in [0.05, 0.1) is 5.57 Å². The molecule has 0 unspecified atom stereocenters. The van der Waals surface area contributed by atoms with Crippen LogP contribution in [0.4, 0.5) is 0 Å². The number of hydrogen-bond donors (Lipinski definition) is 0. The van der Waals surface area contributed by atoms with Gasteiger partial charge in [0.25, 0.3) is 11.8 Å². The molecule has 1 saturated heterocycles. The molecule has 5 heteroatoms. The predicted molar refractivity (Wildman–Crippen MR) is 106 cm³/mol. The van der Waals surface area contributed by atoms with Crippen molar-refractivity contribution >= 4 is 29.0 Å². The van der Waals surface area contributed by atoms with Gasteiger partial charge in [-0.1, -0.05) is 54.1 Å². The molecule has 2 aliphatic heterocycles. The van der Waals surface area contributed by atoms with Crippen LogP contribution < -0.4 is 0 Å². The number of nitrogens with zero attached hydrogens (tertiary/aromatic N) is 2. The van der Waals surface area contributed by atoms with Gasteiger partial charge in [-0.3, -0.25) is 14.5 Å². The summed E-state index contributed by atoms with van der Waals surface area (Å²) in [4.78, 5) is 29.8. The smallest absolute Gasteiger partial charge is 0.277 e. The molecule has 0 bridgehead atoms. The molecule has 0 atom stereocenters. The molecule has 0 N–H and O–H groups in total. The minimum absolute atomic E-state index is 0.178. The van der Waals surface area contributed by atoms with Crippen molar-refractivity contribution < 1.29 is 9.59 Å². The second kappa shape index (κ2) is 7.57. The van der Waals surface area contributed by atoms with Crippen molar-refractivity contribution in [2.75, 3.05) is 19.6 Å². The fourth-order valence-electron chi connectivity index (χ4n) is 3.76. The summed E-state index contributed by atoms with van der Waals surface area (Å²) in [6, 6.07) is 17.1. The van der Waals surface area contributed by atoms with Crippen molar-refractivity contribution in [1.82, 2.24) is 9.80 Å². The van der Waals surface area contributed by atoms with E-state index in [0.717, 1.165) is 37.1 Å². The van der Waals surface area contributed by atoms with E-state index < -0.39 is 0 Å². The number of likely N-dealkylation sites (tertiary alicyclic amines) is 1. The van der Waals surface area contributed by atoms with Gasteiger partial charge >= 0.3 is 0 Å². The largest absolute Gasteiger partial charge is 0.366 e. The molecule has 1 fully saturated rings. The van der Waals surface area contributed by atoms with E-state index in [4.69, 9.17) is 11.6 Å². The van der Waals surface area contributed by atoms with E-state index in [1.54, 1.807) is 12.1 Å². The number of halogens is 1. The number of carbonyl (C=O) groups is 2. The first kappa shape index (κ1) is 17.8. The molecule has 0 spiro atoms. The summed E-state index contributed by atoms with van der Waals surface area (Å²) in [5, 5.41) is 0.611. The van der Waals surface area contributed by atoms with Crippen LogP contribution in [-0.2, 0) is 16.0 Å². The summed E-state index contributed by atoms with van der Waals surface area (Å²) in [5.74, 6) is -0.386. The van der Waals surface area contributed by atoms with E-state index in [9.17, 15) is 9.59 Å². The van der Waals surface area contributed by atoms with E-state index >= 15 is 0 Å². The molecule has 0 radical (unpaired) electrons. The van der Waals surface area contributed by atoms with Gasteiger partial charge in [-0.2, -0.15) is 0 Å². The van der Waals surface area contributed by atoms with Crippen LogP contribution in [0.15, 0.2) is 60.3 Å². The van der Waals surface area contributed by atoms with E-state index in [1.165, 1.54) is 4.90 Å². The van der Waals surface area contributed by atoms with Crippen molar-refractivity contribution in [3.8, 4) is 0 Å². The first-order valence-electron chi connectivity index (χ1n) is 9.30. The quantitative estimate of drug-likeness (QED) is 0.741. The Morgan fingerprint density at radius 3 is 2.19 bits per heavy atom. The molecule has 4 nitrogen and oxygen atoms in total. The third-order valence-electron chi connectivity index (χ3n) is 5.17. The Bertz CT molecular complexity index is 884. The van der Waals surface area contributed by atoms with E-state index in [2.05, 4.69) is 4.90 Å². The minimum Gasteiger partial charge on any atom is -0.366 e. The van der Waals surface area contributed by atoms with Crippen LogP contribution in [0.3, 0.4) is 0 Å². The number of imide groups is 1. The zero-order chi connectivity index (χ0) is 18.8. The standard InChI is InChI=1S/C22H21ClN2O2/c23-18-10-8-17(9-11-18)19-20(24-13-4-5-14-24)22(27)25(21(19)26)15-12-16-6-2-1-3-7-16/h1-3,6-11H,4-5,12-15H2. The Morgan fingerprint density at radius 1 is 0.852 bits per heavy atom. The molecule has 2 aromatic carbocycles. The van der Waals surface area contributed by atoms with Crippen LogP contribution in [0.1, 0.15) is 24.0 Å². The van der Waals surface area contributed by atoms with Crippen LogP contribution in [-0.4, -0.2) is 41.2 Å². The lowest BCUT2D eigenvalue weighted by molar-refractivity contribution is -0.137. The Labute approximate surface area is 164 Å². The van der Waals surface area contributed by atoms with Gasteiger partial charge in [0.15, 0.2) is 0 Å². The summed E-state index contributed by atoms with van der Waals surface area (Å²) in [7, 11) is 0. The number of benzene rings is 2. The maximum Gasteiger partial charge on any atom is 0.277 e. The molecule has 138 valence electrons. The molecule has 0 aliphatic carbocycles. The third kappa shape index (κ3) is 3.50. The van der Waals surface area contributed by atoms with E-state index in [0.29, 0.717) is 29.3 Å². The van der Waals surface area contributed by atoms with Gasteiger partial charge in [-0.15, -0.1) is 0 Å². The lowest BCUT2D eigenvalue weighted by atomic mass is 10.0. The molecular weight excluding hydrogens is 360 g/mol. The van der Waals surface area contributed by atoms with Crippen LogP contribution in [0.5, 0.6) is 0 Å². The number of rotatable bonds is 5. The number of amides is 2. The predicted octanol–water partition coefficient (Wildman–Crippen LogP) is 3.76. The fraction of sp³-hybridized carbons (Fsp3) is 0.273. The summed E-state index contributed by atoms with van der Waals surface area (Å²) >= 11 is 6.00. The molecule has 2 aliphatic rings. The third-order valence-corrected chi connectivity index (χ3v) is 5.42. The van der Waals surface area contributed by atoms with Gasteiger partial charge in [-0.25, -0.2) is 0 Å². The first-order chi connectivity index (χ1) is 13.1. The average molecular weight is 381 g/mol. The normalized spacial score (nSPS) is 17.4. The molecular formula is C22H21ClN2O2. The number of hydrogen-bond acceptors (Lipinski definition) is 3. The second-order valence-corrected chi connectivity index (χ2v) is 7.36. The monoisotopic (exact) mass is 380 g/mol. The van der Waals surface area contributed by atoms with Crippen LogP contribution in [0.25, 0.3) is 5.57 Å². The summed E-state index contributed by atoms with van der Waals surface area (Å²) in [6.07, 6.45) is 2.74. The summed E-state index contributed by atoms with van der Waals surface area (Å²) in [6.45, 7) is 2.02. The van der Waals surface area contributed by atoms with Crippen LogP contribution in [0.2, 0.25) is 5.02 Å². The molecule has 4 rings (SSSR count). The highest BCUT2D eigenvalue weighted by Crippen LogP contribution is 2.33. The molecule has 0 saturated carbocycles. The van der Waals surface area contributed by atoms with Crippen LogP contribution >= 0.6 is 11.6 Å². The summed E-state index contributed by atoms with van der Waals surface area (Å²) < 4.78 is 0. The van der Waals surface area contributed by atoms with Crippen LogP contribution in [0, 0.1) is 0 Å². The van der Waals surface area contributed by atoms with Gasteiger partial charge in [0, 0.05) is 24.7 Å². The molecule has 0 aromatic heterocycles. The lowest BCUT2D eigenvalue weighted by Gasteiger charge is -2.20. The topological polar surface area (TPSA) is 40.6 Å². The maximum absolute atomic E-state index is 13.2. The Hall–Kier alpha value is -2.59. The van der Waals surface area contributed by atoms with Crippen molar-refractivity contribution in [1.29, 1.82) is 0 Å². The zero-order valence-corrected chi connectivity index (χ0v) is 15.8. The van der Waals surface area contributed by atoms with Crippen molar-refractivity contribution in [2.45, 2.75) is 19.3 Å². The Balaban J connectivity index is 1.65. The van der Waals surface area contributed by atoms with Crippen molar-refractivity contribution in [3.05, 3.63) is 76.4 Å². The SMILES string of the molecule is O=C1C(c2ccc(Cl)cc2)=C(N2CCCC2)C(=O)N1CCc1ccccc1. The van der Waals surface area contributed by atoms with Gasteiger partial charge < -0.3 is 4.90 Å². The van der Waals surface area contributed by atoms with E-state index in [-0.39, 0.29) is 11.8 Å². The first-order valence-corrected chi connectivity index (χ1v) is 9.68. The minimum atomic E-state index is -0.208. The highest BCUT2D eigenvalue weighted by Gasteiger charge is 2.41. The average Bonchev–Trinajstić information content (AvgIpc) is 3.29. The fourth-order valence-corrected chi connectivity index (χ4v) is 3.89. The molecule has 2 aromatic rings. The lowest BCUT2D eigenvalue weighted by Crippen LogP contribution is -2.36. The second-order valence-electron chi connectivity index (χ2n) is 6.92. The molecule has 2 heterocycles. The zero-order valence-electron chi connectivity index (χ0n) is 15.0. The maximum atomic E-state index is 13.2. The molecule has 2 amide bonds. The highest BCUT2D eigenvalue weighted by molar-refractivity contribution is 6.36. The Morgan fingerprint density at radius 2 is 1.52 bits per heavy atom. The van der Waals surface area contributed by atoms with Crippen molar-refractivity contribution in [2.24, 2.45) is 0 Å². The van der Waals surface area contributed by atoms with Crippen molar-refractivity contribution in [3.63, 3.8) is 0 Å². The highest BCUT2D eigenvalue weighted by atomic mass is 35.5. The van der Waals surface area contributed by atoms with Gasteiger partial charge in [-0.05, 0) is 42.5 Å². The van der Waals surface area contributed by atoms with E-state index in [1.807, 2.05) is 42.5 Å². The molecule has 27 heavy (non-hydrogen) atoms. The van der Waals surface area contributed by atoms with Gasteiger partial charge in [0.2, 0.25) is 0 Å². The summed E-state index contributed by atoms with van der Waals surface area (Å²) in [5.41, 5.74) is 2.92.